The molecule has 0 unspecified atom stereocenters. The first-order chi connectivity index (χ1) is 14.3. The molecular weight excluding hydrogens is 405 g/mol. The van der Waals surface area contributed by atoms with Gasteiger partial charge in [0, 0.05) is 18.4 Å². The summed E-state index contributed by atoms with van der Waals surface area (Å²) < 4.78 is 15.0. The average molecular weight is 428 g/mol. The van der Waals surface area contributed by atoms with Crippen LogP contribution in [0.25, 0.3) is 0 Å². The maximum atomic E-state index is 13.4. The van der Waals surface area contributed by atoms with Crippen molar-refractivity contribution in [2.24, 2.45) is 7.05 Å². The van der Waals surface area contributed by atoms with Crippen LogP contribution in [0.4, 0.5) is 15.8 Å². The number of benzene rings is 2. The third-order valence-electron chi connectivity index (χ3n) is 4.39. The van der Waals surface area contributed by atoms with Crippen LogP contribution in [-0.2, 0) is 23.1 Å². The van der Waals surface area contributed by atoms with E-state index in [-0.39, 0.29) is 24.0 Å². The molecule has 0 aliphatic rings. The van der Waals surface area contributed by atoms with Crippen molar-refractivity contribution in [1.82, 2.24) is 14.8 Å². The molecular formula is C21H22FN5O2S. The van der Waals surface area contributed by atoms with Crippen LogP contribution >= 0.6 is 11.8 Å². The van der Waals surface area contributed by atoms with E-state index in [4.69, 9.17) is 0 Å². The number of halogens is 1. The van der Waals surface area contributed by atoms with Gasteiger partial charge < -0.3 is 15.2 Å². The molecule has 2 N–H and O–H groups in total. The summed E-state index contributed by atoms with van der Waals surface area (Å²) in [6.45, 7) is 3.77. The Morgan fingerprint density at radius 1 is 1.03 bits per heavy atom. The molecule has 7 nitrogen and oxygen atoms in total. The lowest BCUT2D eigenvalue weighted by Gasteiger charge is -2.08. The zero-order valence-electron chi connectivity index (χ0n) is 16.9. The molecule has 0 aliphatic heterocycles. The topological polar surface area (TPSA) is 88.9 Å². The Bertz CT molecular complexity index is 1070. The fraction of sp³-hybridized carbons (Fsp3) is 0.238. The number of carbonyl (C=O) groups is 2. The molecule has 2 aromatic carbocycles. The van der Waals surface area contributed by atoms with Crippen LogP contribution in [0.5, 0.6) is 0 Å². The maximum absolute atomic E-state index is 13.4. The van der Waals surface area contributed by atoms with Gasteiger partial charge in [-0.1, -0.05) is 35.5 Å². The highest BCUT2D eigenvalue weighted by molar-refractivity contribution is 7.99. The van der Waals surface area contributed by atoms with E-state index in [2.05, 4.69) is 20.8 Å². The second-order valence-electron chi connectivity index (χ2n) is 6.84. The van der Waals surface area contributed by atoms with E-state index >= 15 is 0 Å². The molecule has 2 amide bonds. The van der Waals surface area contributed by atoms with Gasteiger partial charge in [0.15, 0.2) is 5.16 Å². The number of aromatic nitrogens is 3. The summed E-state index contributed by atoms with van der Waals surface area (Å²) in [5.41, 5.74) is 3.04. The molecule has 3 rings (SSSR count). The highest BCUT2D eigenvalue weighted by atomic mass is 32.2. The molecule has 0 spiro atoms. The number of hydrogen-bond acceptors (Lipinski definition) is 5. The Balaban J connectivity index is 1.54. The Morgan fingerprint density at radius 3 is 2.50 bits per heavy atom. The number of aryl methyl sites for hydroxylation is 2. The van der Waals surface area contributed by atoms with E-state index in [1.54, 1.807) is 24.6 Å². The monoisotopic (exact) mass is 427 g/mol. The summed E-state index contributed by atoms with van der Waals surface area (Å²) in [7, 11) is 1.74. The molecule has 0 atom stereocenters. The smallest absolute Gasteiger partial charge is 0.234 e. The van der Waals surface area contributed by atoms with Gasteiger partial charge in [-0.2, -0.15) is 0 Å². The van der Waals surface area contributed by atoms with Crippen LogP contribution in [0.3, 0.4) is 0 Å². The summed E-state index contributed by atoms with van der Waals surface area (Å²) in [5.74, 6) is -0.327. The lowest BCUT2D eigenvalue weighted by Crippen LogP contribution is -2.17. The van der Waals surface area contributed by atoms with Gasteiger partial charge in [-0.3, -0.25) is 9.59 Å². The van der Waals surface area contributed by atoms with Gasteiger partial charge in [-0.25, -0.2) is 4.39 Å². The van der Waals surface area contributed by atoms with E-state index in [1.807, 2.05) is 31.2 Å². The van der Waals surface area contributed by atoms with Crippen LogP contribution in [-0.4, -0.2) is 32.3 Å². The van der Waals surface area contributed by atoms with Crippen molar-refractivity contribution >= 4 is 35.0 Å². The largest absolute Gasteiger partial charge is 0.326 e. The zero-order chi connectivity index (χ0) is 21.7. The third kappa shape index (κ3) is 5.66. The van der Waals surface area contributed by atoms with E-state index in [1.165, 1.54) is 23.9 Å². The highest BCUT2D eigenvalue weighted by Crippen LogP contribution is 2.19. The summed E-state index contributed by atoms with van der Waals surface area (Å²) >= 11 is 1.19. The van der Waals surface area contributed by atoms with Gasteiger partial charge in [0.2, 0.25) is 11.8 Å². The van der Waals surface area contributed by atoms with Gasteiger partial charge >= 0.3 is 0 Å². The quantitative estimate of drug-likeness (QED) is 0.564. The Morgan fingerprint density at radius 2 is 1.77 bits per heavy atom. The number of thioether (sulfide) groups is 1. The lowest BCUT2D eigenvalue weighted by atomic mass is 10.2. The molecule has 1 aromatic heterocycles. The molecule has 156 valence electrons. The molecule has 0 saturated heterocycles. The maximum Gasteiger partial charge on any atom is 0.234 e. The number of rotatable bonds is 7. The van der Waals surface area contributed by atoms with Crippen molar-refractivity contribution < 1.29 is 14.0 Å². The molecule has 30 heavy (non-hydrogen) atoms. The minimum Gasteiger partial charge on any atom is -0.326 e. The van der Waals surface area contributed by atoms with E-state index in [0.29, 0.717) is 22.4 Å². The Hall–Kier alpha value is -3.20. The molecule has 1 heterocycles. The number of anilines is 2. The van der Waals surface area contributed by atoms with Gasteiger partial charge in [-0.05, 0) is 43.7 Å². The summed E-state index contributed by atoms with van der Waals surface area (Å²) in [4.78, 5) is 24.5. The van der Waals surface area contributed by atoms with Crippen molar-refractivity contribution in [2.75, 3.05) is 16.4 Å². The molecule has 0 saturated carbocycles. The second-order valence-corrected chi connectivity index (χ2v) is 7.79. The number of nitrogens with zero attached hydrogens (tertiary/aromatic N) is 3. The van der Waals surface area contributed by atoms with E-state index < -0.39 is 5.82 Å². The van der Waals surface area contributed by atoms with Crippen LogP contribution in [0.1, 0.15) is 17.0 Å². The van der Waals surface area contributed by atoms with Crippen LogP contribution in [0.15, 0.2) is 47.6 Å². The summed E-state index contributed by atoms with van der Waals surface area (Å²) in [6.07, 6.45) is 0.0621. The van der Waals surface area contributed by atoms with Gasteiger partial charge in [0.1, 0.15) is 11.6 Å². The van der Waals surface area contributed by atoms with Crippen molar-refractivity contribution in [3.63, 3.8) is 0 Å². The Kier molecular flexibility index (Phi) is 6.83. The molecule has 0 radical (unpaired) electrons. The van der Waals surface area contributed by atoms with Crippen LogP contribution in [0, 0.1) is 19.7 Å². The molecule has 0 fully saturated rings. The average Bonchev–Trinajstić information content (AvgIpc) is 3.04. The third-order valence-corrected chi connectivity index (χ3v) is 5.41. The normalized spacial score (nSPS) is 10.7. The number of nitrogens with one attached hydrogen (secondary N) is 2. The summed E-state index contributed by atoms with van der Waals surface area (Å²) in [5, 5.41) is 14.1. The summed E-state index contributed by atoms with van der Waals surface area (Å²) in [6, 6.07) is 11.7. The molecule has 3 aromatic rings. The SMILES string of the molecule is Cc1ccc(NC(=O)Cc2nnc(SCC(=O)Nc3cc(F)ccc3C)n2C)cc1. The van der Waals surface area contributed by atoms with Gasteiger partial charge in [0.25, 0.3) is 0 Å². The van der Waals surface area contributed by atoms with Crippen molar-refractivity contribution in [3.05, 3.63) is 65.2 Å². The van der Waals surface area contributed by atoms with Crippen LogP contribution < -0.4 is 10.6 Å². The minimum absolute atomic E-state index is 0.0621. The molecule has 0 aliphatic carbocycles. The van der Waals surface area contributed by atoms with Gasteiger partial charge in [0.05, 0.1) is 12.2 Å². The lowest BCUT2D eigenvalue weighted by molar-refractivity contribution is -0.116. The first-order valence-electron chi connectivity index (χ1n) is 9.25. The van der Waals surface area contributed by atoms with Gasteiger partial charge in [-0.15, -0.1) is 10.2 Å². The predicted octanol–water partition coefficient (Wildman–Crippen LogP) is 3.48. The Labute approximate surface area is 178 Å². The zero-order valence-corrected chi connectivity index (χ0v) is 17.7. The number of carbonyl (C=O) groups excluding carboxylic acids is 2. The van der Waals surface area contributed by atoms with Crippen molar-refractivity contribution in [2.45, 2.75) is 25.4 Å². The first-order valence-corrected chi connectivity index (χ1v) is 10.2. The van der Waals surface area contributed by atoms with Crippen molar-refractivity contribution in [3.8, 4) is 0 Å². The van der Waals surface area contributed by atoms with Crippen molar-refractivity contribution in [1.29, 1.82) is 0 Å². The molecule has 9 heteroatoms. The van der Waals surface area contributed by atoms with E-state index in [9.17, 15) is 14.0 Å². The number of amides is 2. The fourth-order valence-electron chi connectivity index (χ4n) is 2.66. The predicted molar refractivity (Wildman–Crippen MR) is 115 cm³/mol. The standard InChI is InChI=1S/C21H22FN5O2S/c1-13-4-8-16(9-5-13)23-19(28)11-18-25-26-21(27(18)3)30-12-20(29)24-17-10-15(22)7-6-14(17)2/h4-10H,11-12H2,1-3H3,(H,23,28)(H,24,29). The number of hydrogen-bond donors (Lipinski definition) is 2. The first kappa shape index (κ1) is 21.5. The highest BCUT2D eigenvalue weighted by Gasteiger charge is 2.15. The fourth-order valence-corrected chi connectivity index (χ4v) is 3.39. The molecule has 0 bridgehead atoms. The van der Waals surface area contributed by atoms with E-state index in [0.717, 1.165) is 11.1 Å². The second kappa shape index (κ2) is 9.53. The minimum atomic E-state index is -0.412. The van der Waals surface area contributed by atoms with Crippen LogP contribution in [0.2, 0.25) is 0 Å².